The van der Waals surface area contributed by atoms with Gasteiger partial charge < -0.3 is 5.32 Å². The summed E-state index contributed by atoms with van der Waals surface area (Å²) >= 11 is 0. The molecule has 10 heteroatoms. The lowest BCUT2D eigenvalue weighted by molar-refractivity contribution is 0.221. The number of benzene rings is 1. The average molecular weight is 509 g/mol. The Bertz CT molecular complexity index is 1600. The molecule has 8 nitrogen and oxygen atoms in total. The van der Waals surface area contributed by atoms with Crippen molar-refractivity contribution in [1.29, 1.82) is 0 Å². The highest BCUT2D eigenvalue weighted by Crippen LogP contribution is 2.42. The minimum atomic E-state index is -3.97. The van der Waals surface area contributed by atoms with Crippen molar-refractivity contribution in [2.45, 2.75) is 62.1 Å². The minimum absolute atomic E-state index is 0.0214. The standard InChI is InChI=1S/C26H29FN6O2S/c1-26(2,27)14-30-36(34,35)25-19-8-18(31-23-11-28-12-24-21(23)13-33(3)32-24)7-16(19)6-17-10-29-22(9-20(17)25)15-4-5-15/h6,9-13,15,18,30-31H,4-5,7-8,14H2,1-3H3. The van der Waals surface area contributed by atoms with E-state index in [-0.39, 0.29) is 17.5 Å². The molecule has 2 aliphatic rings. The molecule has 3 heterocycles. The summed E-state index contributed by atoms with van der Waals surface area (Å²) in [6, 6.07) is 3.95. The van der Waals surface area contributed by atoms with Crippen LogP contribution in [0.3, 0.4) is 0 Å². The number of aromatic nitrogens is 4. The van der Waals surface area contributed by atoms with Gasteiger partial charge in [0, 0.05) is 59.8 Å². The van der Waals surface area contributed by atoms with Crippen LogP contribution in [-0.4, -0.2) is 46.4 Å². The Morgan fingerprint density at radius 3 is 2.69 bits per heavy atom. The lowest BCUT2D eigenvalue weighted by Gasteiger charge is -2.18. The average Bonchev–Trinajstić information content (AvgIpc) is 3.47. The molecule has 0 saturated heterocycles. The van der Waals surface area contributed by atoms with E-state index in [1.54, 1.807) is 23.3 Å². The number of sulfonamides is 1. The number of halogens is 1. The van der Waals surface area contributed by atoms with E-state index in [0.717, 1.165) is 51.6 Å². The molecule has 188 valence electrons. The van der Waals surface area contributed by atoms with Crippen LogP contribution in [0.15, 0.2) is 41.8 Å². The van der Waals surface area contributed by atoms with Crippen LogP contribution in [0.5, 0.6) is 0 Å². The molecular weight excluding hydrogens is 479 g/mol. The summed E-state index contributed by atoms with van der Waals surface area (Å²) in [6.45, 7) is 2.44. The quantitative estimate of drug-likeness (QED) is 0.391. The van der Waals surface area contributed by atoms with Crippen LogP contribution in [0.1, 0.15) is 49.4 Å². The van der Waals surface area contributed by atoms with E-state index in [1.807, 2.05) is 19.3 Å². The summed E-state index contributed by atoms with van der Waals surface area (Å²) in [4.78, 5) is 9.18. The molecule has 3 aromatic heterocycles. The van der Waals surface area contributed by atoms with E-state index >= 15 is 0 Å². The molecule has 0 spiro atoms. The number of fused-ring (bicyclic) bond motifs is 3. The predicted octanol–water partition coefficient (Wildman–Crippen LogP) is 4.00. The Morgan fingerprint density at radius 2 is 1.94 bits per heavy atom. The number of pyridine rings is 2. The van der Waals surface area contributed by atoms with Crippen LogP contribution in [0.2, 0.25) is 0 Å². The van der Waals surface area contributed by atoms with Gasteiger partial charge in [-0.05, 0) is 62.8 Å². The zero-order chi connectivity index (χ0) is 25.2. The van der Waals surface area contributed by atoms with E-state index in [0.29, 0.717) is 24.1 Å². The molecule has 6 rings (SSSR count). The topological polar surface area (TPSA) is 102 Å². The number of nitrogens with zero attached hydrogens (tertiary/aromatic N) is 4. The number of rotatable bonds is 7. The van der Waals surface area contributed by atoms with Gasteiger partial charge in [0.2, 0.25) is 10.0 Å². The van der Waals surface area contributed by atoms with Crippen molar-refractivity contribution in [3.8, 4) is 0 Å². The van der Waals surface area contributed by atoms with Gasteiger partial charge in [0.25, 0.3) is 0 Å². The first-order valence-electron chi connectivity index (χ1n) is 12.2. The Hall–Kier alpha value is -3.11. The molecule has 0 radical (unpaired) electrons. The Kier molecular flexibility index (Phi) is 5.31. The van der Waals surface area contributed by atoms with Crippen LogP contribution in [-0.2, 0) is 29.9 Å². The van der Waals surface area contributed by atoms with Gasteiger partial charge in [-0.25, -0.2) is 17.5 Å². The number of hydrogen-bond donors (Lipinski definition) is 2. The Morgan fingerprint density at radius 1 is 1.14 bits per heavy atom. The SMILES string of the molecule is Cn1cc2c(NC3Cc4cc5cnc(C6CC6)cc5c(S(=O)(=O)NCC(C)(C)F)c4C3)cncc2n1. The Balaban J connectivity index is 1.42. The molecular formula is C26H29FN6O2S. The first-order valence-corrected chi connectivity index (χ1v) is 13.7. The summed E-state index contributed by atoms with van der Waals surface area (Å²) in [6.07, 6.45) is 10.5. The fourth-order valence-corrected chi connectivity index (χ4v) is 6.80. The van der Waals surface area contributed by atoms with E-state index in [2.05, 4.69) is 31.2 Å². The number of anilines is 1. The first-order chi connectivity index (χ1) is 17.1. The van der Waals surface area contributed by atoms with E-state index in [1.165, 1.54) is 13.8 Å². The summed E-state index contributed by atoms with van der Waals surface area (Å²) < 4.78 is 45.9. The van der Waals surface area contributed by atoms with Crippen LogP contribution in [0.25, 0.3) is 21.7 Å². The normalized spacial score (nSPS) is 18.2. The van der Waals surface area contributed by atoms with Gasteiger partial charge in [0.05, 0.1) is 23.0 Å². The molecule has 0 bridgehead atoms. The van der Waals surface area contributed by atoms with Gasteiger partial charge in [-0.15, -0.1) is 0 Å². The maximum absolute atomic E-state index is 14.3. The van der Waals surface area contributed by atoms with Crippen LogP contribution < -0.4 is 10.0 Å². The van der Waals surface area contributed by atoms with Crippen molar-refractivity contribution >= 4 is 37.4 Å². The molecule has 1 aromatic carbocycles. The van der Waals surface area contributed by atoms with E-state index in [4.69, 9.17) is 0 Å². The summed E-state index contributed by atoms with van der Waals surface area (Å²) in [5, 5.41) is 10.4. The highest BCUT2D eigenvalue weighted by molar-refractivity contribution is 7.89. The van der Waals surface area contributed by atoms with Gasteiger partial charge in [0.15, 0.2) is 0 Å². The van der Waals surface area contributed by atoms with Crippen molar-refractivity contribution in [2.75, 3.05) is 11.9 Å². The molecule has 36 heavy (non-hydrogen) atoms. The molecule has 0 aliphatic heterocycles. The minimum Gasteiger partial charge on any atom is -0.380 e. The molecule has 2 N–H and O–H groups in total. The van der Waals surface area contributed by atoms with Gasteiger partial charge in [-0.1, -0.05) is 0 Å². The maximum atomic E-state index is 14.3. The number of aryl methyl sites for hydroxylation is 1. The lowest BCUT2D eigenvalue weighted by Crippen LogP contribution is -2.36. The third-order valence-electron chi connectivity index (χ3n) is 6.96. The van der Waals surface area contributed by atoms with E-state index < -0.39 is 15.7 Å². The van der Waals surface area contributed by atoms with Crippen molar-refractivity contribution in [3.63, 3.8) is 0 Å². The molecule has 1 fully saturated rings. The predicted molar refractivity (Wildman–Crippen MR) is 137 cm³/mol. The van der Waals surface area contributed by atoms with Gasteiger partial charge in [0.1, 0.15) is 11.2 Å². The molecule has 1 saturated carbocycles. The molecule has 2 aliphatic carbocycles. The fourth-order valence-electron chi connectivity index (χ4n) is 5.11. The zero-order valence-electron chi connectivity index (χ0n) is 20.5. The first kappa shape index (κ1) is 23.3. The highest BCUT2D eigenvalue weighted by atomic mass is 32.2. The van der Waals surface area contributed by atoms with Crippen molar-refractivity contribution in [1.82, 2.24) is 24.5 Å². The summed E-state index contributed by atoms with van der Waals surface area (Å²) in [5.41, 5.74) is 2.66. The summed E-state index contributed by atoms with van der Waals surface area (Å²) in [7, 11) is -2.10. The monoisotopic (exact) mass is 508 g/mol. The lowest BCUT2D eigenvalue weighted by atomic mass is 10.0. The van der Waals surface area contributed by atoms with Crippen molar-refractivity contribution in [2.24, 2.45) is 7.05 Å². The number of alkyl halides is 1. The van der Waals surface area contributed by atoms with Crippen LogP contribution in [0, 0.1) is 0 Å². The Labute approximate surface area is 209 Å². The van der Waals surface area contributed by atoms with E-state index in [9.17, 15) is 12.8 Å². The third-order valence-corrected chi connectivity index (χ3v) is 8.49. The second kappa shape index (κ2) is 8.21. The van der Waals surface area contributed by atoms with Crippen LogP contribution in [0.4, 0.5) is 10.1 Å². The van der Waals surface area contributed by atoms with Crippen molar-refractivity contribution in [3.05, 3.63) is 53.7 Å². The maximum Gasteiger partial charge on any atom is 0.241 e. The largest absolute Gasteiger partial charge is 0.380 e. The smallest absolute Gasteiger partial charge is 0.241 e. The third kappa shape index (κ3) is 4.32. The molecule has 4 aromatic rings. The second-order valence-corrected chi connectivity index (χ2v) is 12.4. The van der Waals surface area contributed by atoms with Gasteiger partial charge >= 0.3 is 0 Å². The molecule has 1 unspecified atom stereocenters. The number of nitrogens with one attached hydrogen (secondary N) is 2. The van der Waals surface area contributed by atoms with Gasteiger partial charge in [-0.3, -0.25) is 14.6 Å². The highest BCUT2D eigenvalue weighted by Gasteiger charge is 2.33. The van der Waals surface area contributed by atoms with Gasteiger partial charge in [-0.2, -0.15) is 5.10 Å². The zero-order valence-corrected chi connectivity index (χ0v) is 21.4. The van der Waals surface area contributed by atoms with Crippen molar-refractivity contribution < 1.29 is 12.8 Å². The number of hydrogen-bond acceptors (Lipinski definition) is 6. The summed E-state index contributed by atoms with van der Waals surface area (Å²) in [5.74, 6) is 0.387. The second-order valence-electron chi connectivity index (χ2n) is 10.7. The molecule has 0 amide bonds. The fraction of sp³-hybridized carbons (Fsp3) is 0.423. The van der Waals surface area contributed by atoms with Crippen LogP contribution >= 0.6 is 0 Å². The molecule has 1 atom stereocenters.